The van der Waals surface area contributed by atoms with Crippen LogP contribution in [0, 0.1) is 17.8 Å². The van der Waals surface area contributed by atoms with E-state index < -0.39 is 6.16 Å². The molecule has 1 saturated carbocycles. The fourth-order valence-corrected chi connectivity index (χ4v) is 2.44. The molecule has 3 unspecified atom stereocenters. The van der Waals surface area contributed by atoms with Crippen molar-refractivity contribution in [2.24, 2.45) is 17.8 Å². The lowest BCUT2D eigenvalue weighted by Gasteiger charge is -2.33. The number of aliphatic hydroxyl groups is 1. The van der Waals surface area contributed by atoms with E-state index in [1.165, 1.54) is 12.8 Å². The van der Waals surface area contributed by atoms with Crippen LogP contribution in [-0.2, 0) is 9.47 Å². The van der Waals surface area contributed by atoms with Crippen LogP contribution in [0.25, 0.3) is 0 Å². The van der Waals surface area contributed by atoms with Crippen molar-refractivity contribution in [2.45, 2.75) is 46.1 Å². The minimum atomic E-state index is -0.546. The topological polar surface area (TPSA) is 55.8 Å². The minimum Gasteiger partial charge on any atom is -0.431 e. The van der Waals surface area contributed by atoms with Crippen molar-refractivity contribution in [3.05, 3.63) is 0 Å². The van der Waals surface area contributed by atoms with E-state index in [0.29, 0.717) is 25.0 Å². The SMILES string of the molecule is CC1CCC(C(C)C)C(O)C1.O=C1OCCO1. The first-order valence-electron chi connectivity index (χ1n) is 6.48. The summed E-state index contributed by atoms with van der Waals surface area (Å²) in [6.45, 7) is 7.49. The number of hydrogen-bond donors (Lipinski definition) is 1. The predicted octanol–water partition coefficient (Wildman–Crippen LogP) is 2.59. The minimum absolute atomic E-state index is 0.0289. The van der Waals surface area contributed by atoms with Gasteiger partial charge in [-0.25, -0.2) is 4.79 Å². The van der Waals surface area contributed by atoms with E-state index in [-0.39, 0.29) is 6.10 Å². The quantitative estimate of drug-likeness (QED) is 0.720. The van der Waals surface area contributed by atoms with Gasteiger partial charge < -0.3 is 14.6 Å². The summed E-state index contributed by atoms with van der Waals surface area (Å²) in [5.74, 6) is 1.95. The van der Waals surface area contributed by atoms with Gasteiger partial charge in [0.2, 0.25) is 0 Å². The fraction of sp³-hybridized carbons (Fsp3) is 0.923. The molecule has 17 heavy (non-hydrogen) atoms. The third kappa shape index (κ3) is 4.94. The highest BCUT2D eigenvalue weighted by Gasteiger charge is 2.28. The normalized spacial score (nSPS) is 32.5. The Kier molecular flexibility index (Phi) is 5.75. The number of hydrogen-bond acceptors (Lipinski definition) is 4. The van der Waals surface area contributed by atoms with Gasteiger partial charge in [-0.1, -0.05) is 27.2 Å². The second kappa shape index (κ2) is 6.84. The van der Waals surface area contributed by atoms with Crippen molar-refractivity contribution in [3.63, 3.8) is 0 Å². The highest BCUT2D eigenvalue weighted by molar-refractivity contribution is 5.61. The smallest absolute Gasteiger partial charge is 0.431 e. The van der Waals surface area contributed by atoms with Gasteiger partial charge in [-0.05, 0) is 30.6 Å². The van der Waals surface area contributed by atoms with Gasteiger partial charge in [-0.2, -0.15) is 0 Å². The summed E-state index contributed by atoms with van der Waals surface area (Å²) in [5.41, 5.74) is 0. The van der Waals surface area contributed by atoms with Crippen molar-refractivity contribution in [1.82, 2.24) is 0 Å². The first-order valence-corrected chi connectivity index (χ1v) is 6.48. The molecule has 0 amide bonds. The molecular formula is C13H24O4. The maximum absolute atomic E-state index is 9.80. The standard InChI is InChI=1S/C10H20O.C3H4O3/c1-7(2)9-5-4-8(3)6-10(9)11;4-3-5-1-2-6-3/h7-11H,4-6H2,1-3H3;1-2H2. The number of cyclic esters (lactones) is 2. The summed E-state index contributed by atoms with van der Waals surface area (Å²) in [4.78, 5) is 9.80. The third-order valence-corrected chi connectivity index (χ3v) is 3.51. The Balaban J connectivity index is 0.000000202. The van der Waals surface area contributed by atoms with Crippen LogP contribution in [-0.4, -0.2) is 30.6 Å². The third-order valence-electron chi connectivity index (χ3n) is 3.51. The molecular weight excluding hydrogens is 220 g/mol. The summed E-state index contributed by atoms with van der Waals surface area (Å²) < 4.78 is 8.58. The summed E-state index contributed by atoms with van der Waals surface area (Å²) in [7, 11) is 0. The number of rotatable bonds is 1. The second-order valence-electron chi connectivity index (χ2n) is 5.34. The molecule has 1 N–H and O–H groups in total. The van der Waals surface area contributed by atoms with E-state index in [2.05, 4.69) is 30.2 Å². The largest absolute Gasteiger partial charge is 0.508 e. The number of carbonyl (C=O) groups excluding carboxylic acids is 1. The van der Waals surface area contributed by atoms with Gasteiger partial charge in [-0.3, -0.25) is 0 Å². The van der Waals surface area contributed by atoms with Crippen LogP contribution < -0.4 is 0 Å². The molecule has 3 atom stereocenters. The summed E-state index contributed by atoms with van der Waals surface area (Å²) in [6.07, 6.45) is 2.97. The highest BCUT2D eigenvalue weighted by atomic mass is 16.8. The van der Waals surface area contributed by atoms with Crippen molar-refractivity contribution < 1.29 is 19.4 Å². The zero-order chi connectivity index (χ0) is 12.8. The van der Waals surface area contributed by atoms with Crippen LogP contribution in [0.2, 0.25) is 0 Å². The number of aliphatic hydroxyl groups excluding tert-OH is 1. The van der Waals surface area contributed by atoms with Crippen molar-refractivity contribution in [3.8, 4) is 0 Å². The van der Waals surface area contributed by atoms with Crippen LogP contribution in [0.4, 0.5) is 4.79 Å². The first-order chi connectivity index (χ1) is 8.00. The van der Waals surface area contributed by atoms with Crippen LogP contribution in [0.5, 0.6) is 0 Å². The lowest BCUT2D eigenvalue weighted by atomic mass is 9.75. The molecule has 1 aliphatic carbocycles. The summed E-state index contributed by atoms with van der Waals surface area (Å²) in [6, 6.07) is 0. The molecule has 2 rings (SSSR count). The molecule has 0 aromatic rings. The monoisotopic (exact) mass is 244 g/mol. The Hall–Kier alpha value is -0.770. The van der Waals surface area contributed by atoms with E-state index in [0.717, 1.165) is 12.3 Å². The van der Waals surface area contributed by atoms with Gasteiger partial charge in [0, 0.05) is 0 Å². The average Bonchev–Trinajstić information content (AvgIpc) is 2.69. The lowest BCUT2D eigenvalue weighted by Crippen LogP contribution is -2.31. The van der Waals surface area contributed by atoms with Crippen molar-refractivity contribution >= 4 is 6.16 Å². The molecule has 1 saturated heterocycles. The zero-order valence-corrected chi connectivity index (χ0v) is 11.0. The fourth-order valence-electron chi connectivity index (χ4n) is 2.44. The van der Waals surface area contributed by atoms with Crippen molar-refractivity contribution in [2.75, 3.05) is 13.2 Å². The van der Waals surface area contributed by atoms with Crippen LogP contribution in [0.1, 0.15) is 40.0 Å². The molecule has 0 aromatic heterocycles. The molecule has 0 spiro atoms. The maximum atomic E-state index is 9.80. The van der Waals surface area contributed by atoms with Gasteiger partial charge >= 0.3 is 6.16 Å². The van der Waals surface area contributed by atoms with E-state index in [1.54, 1.807) is 0 Å². The zero-order valence-electron chi connectivity index (χ0n) is 11.0. The lowest BCUT2D eigenvalue weighted by molar-refractivity contribution is 0.0266. The van der Waals surface area contributed by atoms with Gasteiger partial charge in [0.25, 0.3) is 0 Å². The van der Waals surface area contributed by atoms with Gasteiger partial charge in [0.1, 0.15) is 13.2 Å². The maximum Gasteiger partial charge on any atom is 0.508 e. The van der Waals surface area contributed by atoms with Crippen molar-refractivity contribution in [1.29, 1.82) is 0 Å². The Bertz CT molecular complexity index is 232. The van der Waals surface area contributed by atoms with Gasteiger partial charge in [-0.15, -0.1) is 0 Å². The Morgan fingerprint density at radius 3 is 2.18 bits per heavy atom. The second-order valence-corrected chi connectivity index (χ2v) is 5.34. The Morgan fingerprint density at radius 1 is 1.24 bits per heavy atom. The van der Waals surface area contributed by atoms with Crippen LogP contribution in [0.3, 0.4) is 0 Å². The van der Waals surface area contributed by atoms with Gasteiger partial charge in [0.15, 0.2) is 0 Å². The molecule has 100 valence electrons. The Labute approximate surface area is 103 Å². The molecule has 0 radical (unpaired) electrons. The van der Waals surface area contributed by atoms with E-state index >= 15 is 0 Å². The Morgan fingerprint density at radius 2 is 1.82 bits per heavy atom. The van der Waals surface area contributed by atoms with Crippen LogP contribution in [0.15, 0.2) is 0 Å². The molecule has 4 heteroatoms. The van der Waals surface area contributed by atoms with E-state index in [4.69, 9.17) is 0 Å². The van der Waals surface area contributed by atoms with Gasteiger partial charge in [0.05, 0.1) is 6.10 Å². The molecule has 0 bridgehead atoms. The molecule has 2 aliphatic rings. The molecule has 1 aliphatic heterocycles. The summed E-state index contributed by atoms with van der Waals surface area (Å²) >= 11 is 0. The molecule has 2 fully saturated rings. The molecule has 4 nitrogen and oxygen atoms in total. The summed E-state index contributed by atoms with van der Waals surface area (Å²) in [5, 5.41) is 9.71. The van der Waals surface area contributed by atoms with Crippen LogP contribution >= 0.6 is 0 Å². The average molecular weight is 244 g/mol. The first kappa shape index (κ1) is 14.3. The number of carbonyl (C=O) groups is 1. The van der Waals surface area contributed by atoms with E-state index in [9.17, 15) is 9.90 Å². The van der Waals surface area contributed by atoms with E-state index in [1.807, 2.05) is 0 Å². The number of ether oxygens (including phenoxy) is 2. The highest BCUT2D eigenvalue weighted by Crippen LogP contribution is 2.33. The molecule has 0 aromatic carbocycles. The molecule has 1 heterocycles. The predicted molar refractivity (Wildman–Crippen MR) is 64.6 cm³/mol.